The van der Waals surface area contributed by atoms with Crippen molar-refractivity contribution in [2.45, 2.75) is 42.7 Å². The van der Waals surface area contributed by atoms with E-state index in [0.29, 0.717) is 35.3 Å². The Morgan fingerprint density at radius 1 is 1.23 bits per heavy atom. The van der Waals surface area contributed by atoms with Crippen molar-refractivity contribution in [1.82, 2.24) is 9.29 Å². The fourth-order valence-electron chi connectivity index (χ4n) is 3.51. The van der Waals surface area contributed by atoms with E-state index in [9.17, 15) is 13.2 Å². The number of carbonyl (C=O) groups excluding carboxylic acids is 1. The molecule has 9 heteroatoms. The molecule has 1 N–H and O–H groups in total. The molecule has 1 aliphatic carbocycles. The number of aromatic nitrogens is 1. The summed E-state index contributed by atoms with van der Waals surface area (Å²) in [5.74, 6) is -0.199. The molecule has 2 aromatic heterocycles. The minimum Gasteiger partial charge on any atom is -0.302 e. The summed E-state index contributed by atoms with van der Waals surface area (Å²) in [6.45, 7) is 0.763. The van der Waals surface area contributed by atoms with Gasteiger partial charge in [-0.15, -0.1) is 22.7 Å². The number of hydrogen-bond donors (Lipinski definition) is 1. The van der Waals surface area contributed by atoms with E-state index >= 15 is 0 Å². The molecule has 4 rings (SSSR count). The number of piperidine rings is 1. The Kier molecular flexibility index (Phi) is 5.13. The van der Waals surface area contributed by atoms with E-state index in [4.69, 9.17) is 0 Å². The van der Waals surface area contributed by atoms with Gasteiger partial charge in [0, 0.05) is 23.9 Å². The summed E-state index contributed by atoms with van der Waals surface area (Å²) in [6.07, 6.45) is 5.51. The number of fused-ring (bicyclic) bond motifs is 1. The van der Waals surface area contributed by atoms with Crippen molar-refractivity contribution >= 4 is 43.7 Å². The zero-order valence-corrected chi connectivity index (χ0v) is 16.8. The van der Waals surface area contributed by atoms with Crippen LogP contribution in [-0.4, -0.2) is 36.7 Å². The maximum absolute atomic E-state index is 12.6. The maximum Gasteiger partial charge on any atom is 0.252 e. The van der Waals surface area contributed by atoms with Gasteiger partial charge in [-0.1, -0.05) is 6.07 Å². The lowest BCUT2D eigenvalue weighted by Gasteiger charge is -2.29. The first-order chi connectivity index (χ1) is 12.5. The number of thiazole rings is 1. The van der Waals surface area contributed by atoms with Crippen LogP contribution >= 0.6 is 22.7 Å². The lowest BCUT2D eigenvalue weighted by atomic mass is 9.97. The predicted molar refractivity (Wildman–Crippen MR) is 103 cm³/mol. The first-order valence-electron chi connectivity index (χ1n) is 8.87. The molecule has 0 spiro atoms. The van der Waals surface area contributed by atoms with Crippen molar-refractivity contribution in [3.63, 3.8) is 0 Å². The second-order valence-corrected chi connectivity index (χ2v) is 10.9. The van der Waals surface area contributed by atoms with Crippen LogP contribution in [0.25, 0.3) is 0 Å². The average Bonchev–Trinajstić information content (AvgIpc) is 3.31. The van der Waals surface area contributed by atoms with Crippen molar-refractivity contribution in [2.75, 3.05) is 18.4 Å². The minimum absolute atomic E-state index is 0.0377. The highest BCUT2D eigenvalue weighted by Gasteiger charge is 2.33. The molecule has 0 aromatic carbocycles. The predicted octanol–water partition coefficient (Wildman–Crippen LogP) is 3.12. The third-order valence-corrected chi connectivity index (χ3v) is 9.33. The molecule has 1 fully saturated rings. The van der Waals surface area contributed by atoms with Crippen LogP contribution < -0.4 is 5.32 Å². The van der Waals surface area contributed by atoms with Gasteiger partial charge >= 0.3 is 0 Å². The normalized spacial score (nSPS) is 19.2. The zero-order chi connectivity index (χ0) is 18.1. The fourth-order valence-corrected chi connectivity index (χ4v) is 7.18. The summed E-state index contributed by atoms with van der Waals surface area (Å²) in [6, 6.07) is 3.37. The van der Waals surface area contributed by atoms with Gasteiger partial charge in [-0.25, -0.2) is 13.4 Å². The van der Waals surface area contributed by atoms with Gasteiger partial charge in [0.05, 0.1) is 5.69 Å². The first kappa shape index (κ1) is 18.1. The molecule has 6 nitrogen and oxygen atoms in total. The second kappa shape index (κ2) is 7.38. The third-order valence-electron chi connectivity index (χ3n) is 4.99. The number of sulfonamides is 1. The topological polar surface area (TPSA) is 79.4 Å². The molecule has 0 atom stereocenters. The summed E-state index contributed by atoms with van der Waals surface area (Å²) in [5, 5.41) is 5.41. The summed E-state index contributed by atoms with van der Waals surface area (Å²) < 4.78 is 27.0. The first-order valence-corrected chi connectivity index (χ1v) is 12.0. The van der Waals surface area contributed by atoms with Crippen LogP contribution in [0.5, 0.6) is 0 Å². The molecular weight excluding hydrogens is 390 g/mol. The number of anilines is 1. The summed E-state index contributed by atoms with van der Waals surface area (Å²) in [4.78, 5) is 18.4. The van der Waals surface area contributed by atoms with Crippen molar-refractivity contribution < 1.29 is 13.2 Å². The van der Waals surface area contributed by atoms with Crippen LogP contribution in [0, 0.1) is 5.92 Å². The van der Waals surface area contributed by atoms with E-state index in [0.717, 1.165) is 18.5 Å². The van der Waals surface area contributed by atoms with Gasteiger partial charge in [0.25, 0.3) is 10.0 Å². The van der Waals surface area contributed by atoms with Crippen molar-refractivity contribution in [3.05, 3.63) is 28.1 Å². The molecule has 1 amide bonds. The molecule has 0 saturated carbocycles. The highest BCUT2D eigenvalue weighted by molar-refractivity contribution is 7.91. The van der Waals surface area contributed by atoms with Gasteiger partial charge in [-0.3, -0.25) is 4.79 Å². The number of carbonyl (C=O) groups is 1. The third kappa shape index (κ3) is 3.58. The number of thiophene rings is 1. The Balaban J connectivity index is 1.36. The summed E-state index contributed by atoms with van der Waals surface area (Å²) >= 11 is 2.81. The average molecular weight is 412 g/mol. The molecule has 0 bridgehead atoms. The Hall–Kier alpha value is -1.29. The van der Waals surface area contributed by atoms with Gasteiger partial charge in [-0.05, 0) is 50.0 Å². The standard InChI is InChI=1S/C17H21N3O3S3/c21-16(19-17-18-13-4-1-2-5-14(13)25-17)12-7-9-20(10-8-12)26(22,23)15-6-3-11-24-15/h3,6,11-12H,1-2,4-5,7-10H2,(H,18,19,21). The Bertz CT molecular complexity index is 858. The van der Waals surface area contributed by atoms with Crippen molar-refractivity contribution in [3.8, 4) is 0 Å². The highest BCUT2D eigenvalue weighted by atomic mass is 32.2. The van der Waals surface area contributed by atoms with Crippen LogP contribution in [-0.2, 0) is 27.7 Å². The molecule has 1 aliphatic heterocycles. The number of nitrogens with one attached hydrogen (secondary N) is 1. The number of rotatable bonds is 4. The SMILES string of the molecule is O=C(Nc1nc2c(s1)CCCC2)C1CCN(S(=O)(=O)c2cccs2)CC1. The molecule has 1 saturated heterocycles. The Morgan fingerprint density at radius 3 is 2.69 bits per heavy atom. The van der Waals surface area contributed by atoms with Crippen molar-refractivity contribution in [2.24, 2.45) is 5.92 Å². The molecule has 0 unspecified atom stereocenters. The quantitative estimate of drug-likeness (QED) is 0.838. The maximum atomic E-state index is 12.6. The van der Waals surface area contributed by atoms with E-state index < -0.39 is 10.0 Å². The van der Waals surface area contributed by atoms with Crippen LogP contribution in [0.2, 0.25) is 0 Å². The molecular formula is C17H21N3O3S3. The monoisotopic (exact) mass is 411 g/mol. The smallest absolute Gasteiger partial charge is 0.252 e. The van der Waals surface area contributed by atoms with Crippen LogP contribution in [0.4, 0.5) is 5.13 Å². The lowest BCUT2D eigenvalue weighted by molar-refractivity contribution is -0.120. The van der Waals surface area contributed by atoms with Crippen LogP contribution in [0.15, 0.2) is 21.7 Å². The van der Waals surface area contributed by atoms with Gasteiger partial charge in [0.1, 0.15) is 4.21 Å². The number of aryl methyl sites for hydroxylation is 2. The highest BCUT2D eigenvalue weighted by Crippen LogP contribution is 2.31. The molecule has 140 valence electrons. The van der Waals surface area contributed by atoms with E-state index in [1.807, 2.05) is 0 Å². The van der Waals surface area contributed by atoms with Crippen molar-refractivity contribution in [1.29, 1.82) is 0 Å². The number of nitrogens with zero attached hydrogens (tertiary/aromatic N) is 2. The van der Waals surface area contributed by atoms with Gasteiger partial charge < -0.3 is 5.32 Å². The fraction of sp³-hybridized carbons (Fsp3) is 0.529. The van der Waals surface area contributed by atoms with Gasteiger partial charge in [0.15, 0.2) is 5.13 Å². The molecule has 2 aliphatic rings. The molecule has 0 radical (unpaired) electrons. The largest absolute Gasteiger partial charge is 0.302 e. The molecule has 26 heavy (non-hydrogen) atoms. The minimum atomic E-state index is -3.42. The molecule has 3 heterocycles. The summed E-state index contributed by atoms with van der Waals surface area (Å²) in [5.41, 5.74) is 1.13. The zero-order valence-electron chi connectivity index (χ0n) is 14.3. The Labute approximate surface area is 161 Å². The van der Waals surface area contributed by atoms with Crippen LogP contribution in [0.3, 0.4) is 0 Å². The van der Waals surface area contributed by atoms with Gasteiger partial charge in [0.2, 0.25) is 5.91 Å². The number of hydrogen-bond acceptors (Lipinski definition) is 6. The van der Waals surface area contributed by atoms with E-state index in [-0.39, 0.29) is 11.8 Å². The second-order valence-electron chi connectivity index (χ2n) is 6.70. The van der Waals surface area contributed by atoms with E-state index in [2.05, 4.69) is 10.3 Å². The Morgan fingerprint density at radius 2 is 2.00 bits per heavy atom. The van der Waals surface area contributed by atoms with E-state index in [1.54, 1.807) is 28.8 Å². The van der Waals surface area contributed by atoms with E-state index in [1.165, 1.54) is 33.4 Å². The van der Waals surface area contributed by atoms with Crippen LogP contribution in [0.1, 0.15) is 36.3 Å². The molecule has 2 aromatic rings. The lowest BCUT2D eigenvalue weighted by Crippen LogP contribution is -2.41. The van der Waals surface area contributed by atoms with Gasteiger partial charge in [-0.2, -0.15) is 4.31 Å². The number of amides is 1. The summed E-state index contributed by atoms with van der Waals surface area (Å²) in [7, 11) is -3.42.